The molecule has 2 aromatic heterocycles. The van der Waals surface area contributed by atoms with Crippen molar-refractivity contribution in [1.82, 2.24) is 19.6 Å². The van der Waals surface area contributed by atoms with E-state index in [0.29, 0.717) is 28.9 Å². The van der Waals surface area contributed by atoms with Gasteiger partial charge in [-0.3, -0.25) is 24.2 Å². The number of amides is 1. The first-order valence-corrected chi connectivity index (χ1v) is 27.1. The van der Waals surface area contributed by atoms with Crippen LogP contribution in [-0.4, -0.2) is 95.0 Å². The monoisotopic (exact) mass is 970 g/mol. The van der Waals surface area contributed by atoms with E-state index < -0.39 is 41.5 Å². The number of sulfonamides is 1. The molecule has 0 bridgehead atoms. The van der Waals surface area contributed by atoms with Gasteiger partial charge in [-0.25, -0.2) is 18.1 Å². The quantitative estimate of drug-likeness (QED) is 0.0404. The molecule has 356 valence electrons. The summed E-state index contributed by atoms with van der Waals surface area (Å²) in [5.74, 6) is 0.923. The van der Waals surface area contributed by atoms with Gasteiger partial charge >= 0.3 is 0 Å². The second-order valence-corrected chi connectivity index (χ2v) is 24.4. The van der Waals surface area contributed by atoms with Crippen LogP contribution in [0.3, 0.4) is 0 Å². The summed E-state index contributed by atoms with van der Waals surface area (Å²) in [7, 11) is -6.89. The zero-order valence-corrected chi connectivity index (χ0v) is 40.5. The minimum atomic E-state index is -4.60. The number of piperazine rings is 1. The Hall–Kier alpha value is -5.33. The summed E-state index contributed by atoms with van der Waals surface area (Å²) in [5.41, 5.74) is 5.46. The van der Waals surface area contributed by atoms with E-state index in [1.54, 1.807) is 30.5 Å². The van der Waals surface area contributed by atoms with Crippen molar-refractivity contribution in [3.63, 3.8) is 0 Å². The van der Waals surface area contributed by atoms with E-state index in [2.05, 4.69) is 55.8 Å². The van der Waals surface area contributed by atoms with Crippen LogP contribution in [0.4, 0.5) is 17.1 Å². The number of ether oxygens (including phenoxy) is 1. The molecule has 18 heteroatoms. The molecule has 1 amide bonds. The van der Waals surface area contributed by atoms with Gasteiger partial charge in [-0.2, -0.15) is 0 Å². The van der Waals surface area contributed by atoms with Crippen LogP contribution in [0.15, 0.2) is 100 Å². The lowest BCUT2D eigenvalue weighted by atomic mass is 9.72. The molecule has 1 unspecified atom stereocenters. The maximum Gasteiger partial charge on any atom is 0.293 e. The number of hydrogen-bond acceptors (Lipinski definition) is 11. The van der Waals surface area contributed by atoms with Gasteiger partial charge in [0.1, 0.15) is 22.8 Å². The van der Waals surface area contributed by atoms with Crippen LogP contribution in [-0.2, 0) is 20.1 Å². The highest BCUT2D eigenvalue weighted by molar-refractivity contribution is 7.99. The third-order valence-electron chi connectivity index (χ3n) is 13.8. The molecule has 4 heterocycles. The van der Waals surface area contributed by atoms with E-state index in [4.69, 9.17) is 20.7 Å². The number of fused-ring (bicyclic) bond motifs is 1. The summed E-state index contributed by atoms with van der Waals surface area (Å²) in [6.07, 6.45) is 10.0. The first-order chi connectivity index (χ1) is 32.0. The van der Waals surface area contributed by atoms with Crippen molar-refractivity contribution in [2.24, 2.45) is 15.7 Å². The van der Waals surface area contributed by atoms with E-state index in [0.717, 1.165) is 99.8 Å². The molecule has 9 rings (SSSR count). The summed E-state index contributed by atoms with van der Waals surface area (Å²) in [4.78, 5) is 37.5. The lowest BCUT2D eigenvalue weighted by Crippen LogP contribution is -2.47. The number of H-pyrrole nitrogens is 1. The topological polar surface area (TPSA) is 195 Å². The van der Waals surface area contributed by atoms with Gasteiger partial charge in [0.15, 0.2) is 0 Å². The van der Waals surface area contributed by atoms with Gasteiger partial charge in [-0.15, -0.1) is 10.1 Å². The highest BCUT2D eigenvalue weighted by atomic mass is 35.5. The summed E-state index contributed by atoms with van der Waals surface area (Å²) in [6, 6.07) is 20.5. The number of carbonyl (C=O) groups excluding carboxylic acids is 1. The fourth-order valence-corrected chi connectivity index (χ4v) is 13.5. The van der Waals surface area contributed by atoms with Gasteiger partial charge in [0.05, 0.1) is 27.6 Å². The Morgan fingerprint density at radius 1 is 1.04 bits per heavy atom. The SMILES string of the molecule is CC(Nc1ccc(S(=O)(=O)NC(=O)c2ccc(N3CCN(CC4=C(c5ccc(Cl)cc5)CC(C)(C)CC4)CC3)cc2Oc2cnc3[nH]ccc3c2)cc1[N+](=O)[O-])C1CC[SH](O)(=NC2CC2)CC1. The Morgan fingerprint density at radius 3 is 2.51 bits per heavy atom. The number of nitro benzene ring substituents is 1. The Bertz CT molecular complexity index is 2880. The number of thiol groups is 1. The van der Waals surface area contributed by atoms with Crippen LogP contribution >= 0.6 is 11.6 Å². The molecule has 0 spiro atoms. The maximum absolute atomic E-state index is 14.0. The van der Waals surface area contributed by atoms with Crippen molar-refractivity contribution in [3.05, 3.63) is 117 Å². The number of allylic oxidation sites excluding steroid dienone is 1. The van der Waals surface area contributed by atoms with Gasteiger partial charge in [0.2, 0.25) is 0 Å². The van der Waals surface area contributed by atoms with Crippen LogP contribution in [0.2, 0.25) is 5.02 Å². The number of nitro groups is 1. The smallest absolute Gasteiger partial charge is 0.293 e. The zero-order valence-electron chi connectivity index (χ0n) is 38.1. The number of nitrogens with zero attached hydrogens (tertiary/aromatic N) is 5. The number of halogens is 1. The lowest BCUT2D eigenvalue weighted by Gasteiger charge is -2.39. The largest absolute Gasteiger partial charge is 0.455 e. The Morgan fingerprint density at radius 2 is 1.79 bits per heavy atom. The highest BCUT2D eigenvalue weighted by Crippen LogP contribution is 2.44. The van der Waals surface area contributed by atoms with Crippen LogP contribution in [0.25, 0.3) is 16.6 Å². The predicted octanol–water partition coefficient (Wildman–Crippen LogP) is 9.74. The molecule has 2 aliphatic heterocycles. The molecule has 4 N–H and O–H groups in total. The molecular weight excluding hydrogens is 912 g/mol. The summed E-state index contributed by atoms with van der Waals surface area (Å²) >= 11 is 6.25. The summed E-state index contributed by atoms with van der Waals surface area (Å²) < 4.78 is 51.9. The molecule has 5 aromatic rings. The number of hydrogen-bond donors (Lipinski definition) is 5. The minimum Gasteiger partial charge on any atom is -0.455 e. The van der Waals surface area contributed by atoms with Gasteiger partial charge in [0.25, 0.3) is 21.6 Å². The molecule has 1 saturated carbocycles. The van der Waals surface area contributed by atoms with E-state index in [-0.39, 0.29) is 34.4 Å². The number of pyridine rings is 1. The number of anilines is 2. The number of nitrogens with one attached hydrogen (secondary N) is 3. The van der Waals surface area contributed by atoms with Crippen molar-refractivity contribution < 1.29 is 27.4 Å². The summed E-state index contributed by atoms with van der Waals surface area (Å²) in [6.45, 7) is 10.5. The van der Waals surface area contributed by atoms with Crippen molar-refractivity contribution in [2.75, 3.05) is 54.4 Å². The van der Waals surface area contributed by atoms with E-state index in [1.807, 2.05) is 25.1 Å². The first kappa shape index (κ1) is 46.8. The molecule has 2 aliphatic carbocycles. The van der Waals surface area contributed by atoms with Crippen LogP contribution in [0.1, 0.15) is 81.6 Å². The van der Waals surface area contributed by atoms with Crippen molar-refractivity contribution in [1.29, 1.82) is 0 Å². The highest BCUT2D eigenvalue weighted by Gasteiger charge is 2.33. The van der Waals surface area contributed by atoms with Gasteiger partial charge in [-0.05, 0) is 123 Å². The average molecular weight is 972 g/mol. The second-order valence-electron chi connectivity index (χ2n) is 19.4. The summed E-state index contributed by atoms with van der Waals surface area (Å²) in [5, 5.41) is 17.1. The van der Waals surface area contributed by atoms with Crippen molar-refractivity contribution in [2.45, 2.75) is 82.7 Å². The predicted molar refractivity (Wildman–Crippen MR) is 267 cm³/mol. The standard InChI is InChI=1S/C49H59ClN8O7S2/c1-32(33-16-24-66(62,25-17-33)54-38-8-9-38)53-44-13-11-41(28-45(44)58(60)61)67(63,64)55-48(59)42-12-10-39(27-46(42)65-40-26-35-15-19-51-47(35)52-30-40)57-22-20-56(21-23-57)31-36-14-18-49(2,3)29-43(36)34-4-6-37(50)7-5-34/h4-7,10-13,15,19,26-28,30,32-33,38,53,66H,8-9,14,16-18,20-25,29,31H2,1-3H3,(H,51,52)(H,54,62)(H,55,59). The Kier molecular flexibility index (Phi) is 13.3. The number of aromatic nitrogens is 2. The van der Waals surface area contributed by atoms with E-state index >= 15 is 0 Å². The lowest BCUT2D eigenvalue weighted by molar-refractivity contribution is -0.384. The third kappa shape index (κ3) is 11.0. The number of carbonyl (C=O) groups is 1. The third-order valence-corrected chi connectivity index (χ3v) is 18.1. The number of aromatic amines is 1. The van der Waals surface area contributed by atoms with Gasteiger partial charge in [0, 0.05) is 84.7 Å². The molecular formula is C49H59ClN8O7S2. The van der Waals surface area contributed by atoms with Crippen LogP contribution < -0.4 is 19.7 Å². The normalized spacial score (nSPS) is 20.8. The second kappa shape index (κ2) is 19.0. The van der Waals surface area contributed by atoms with Crippen molar-refractivity contribution >= 4 is 71.3 Å². The van der Waals surface area contributed by atoms with Crippen LogP contribution in [0.5, 0.6) is 11.5 Å². The molecule has 3 aromatic carbocycles. The molecule has 3 fully saturated rings. The fraction of sp³-hybridized carbons (Fsp3) is 0.429. The molecule has 4 aliphatic rings. The fourth-order valence-electron chi connectivity index (χ4n) is 9.64. The molecule has 1 atom stereocenters. The van der Waals surface area contributed by atoms with E-state index in [1.165, 1.54) is 35.0 Å². The molecule has 67 heavy (non-hydrogen) atoms. The minimum absolute atomic E-state index is 0.0459. The maximum atomic E-state index is 14.0. The molecule has 15 nitrogen and oxygen atoms in total. The number of rotatable bonds is 14. The average Bonchev–Trinajstić information content (AvgIpc) is 3.98. The molecule has 2 saturated heterocycles. The van der Waals surface area contributed by atoms with E-state index in [9.17, 15) is 27.9 Å². The molecule has 0 radical (unpaired) electrons. The van der Waals surface area contributed by atoms with Gasteiger partial charge < -0.3 is 24.5 Å². The van der Waals surface area contributed by atoms with Gasteiger partial charge in [-0.1, -0.05) is 43.2 Å². The first-order valence-electron chi connectivity index (χ1n) is 23.1. The Labute approximate surface area is 397 Å². The van der Waals surface area contributed by atoms with Crippen molar-refractivity contribution in [3.8, 4) is 11.5 Å². The zero-order chi connectivity index (χ0) is 47.1. The number of benzene rings is 3. The Balaban J connectivity index is 0.909. The van der Waals surface area contributed by atoms with Crippen LogP contribution in [0, 0.1) is 21.4 Å².